The van der Waals surface area contributed by atoms with Gasteiger partial charge in [-0.1, -0.05) is 12.1 Å². The van der Waals surface area contributed by atoms with Crippen LogP contribution in [0, 0.1) is 5.92 Å². The lowest BCUT2D eigenvalue weighted by atomic mass is 9.97. The molecule has 1 aliphatic heterocycles. The highest BCUT2D eigenvalue weighted by Crippen LogP contribution is 2.40. The summed E-state index contributed by atoms with van der Waals surface area (Å²) in [6.45, 7) is 0.637. The van der Waals surface area contributed by atoms with E-state index in [4.69, 9.17) is 24.0 Å². The second-order valence-electron chi connectivity index (χ2n) is 8.87. The molecular weight excluding hydrogens is 462 g/mol. The number of hydrogen-bond acceptors (Lipinski definition) is 7. The lowest BCUT2D eigenvalue weighted by Gasteiger charge is -2.27. The fourth-order valence-electron chi connectivity index (χ4n) is 4.35. The fourth-order valence-corrected chi connectivity index (χ4v) is 4.35. The predicted molar refractivity (Wildman–Crippen MR) is 134 cm³/mol. The van der Waals surface area contributed by atoms with Gasteiger partial charge >= 0.3 is 0 Å². The molecule has 9 nitrogen and oxygen atoms in total. The van der Waals surface area contributed by atoms with Crippen molar-refractivity contribution in [3.05, 3.63) is 53.6 Å². The van der Waals surface area contributed by atoms with Gasteiger partial charge < -0.3 is 23.8 Å². The van der Waals surface area contributed by atoms with Gasteiger partial charge in [-0.25, -0.2) is 5.01 Å². The van der Waals surface area contributed by atoms with Crippen LogP contribution in [0.15, 0.2) is 47.6 Å². The van der Waals surface area contributed by atoms with Gasteiger partial charge in [-0.3, -0.25) is 9.59 Å². The van der Waals surface area contributed by atoms with E-state index in [9.17, 15) is 9.59 Å². The highest BCUT2D eigenvalue weighted by atomic mass is 16.5. The van der Waals surface area contributed by atoms with Crippen LogP contribution in [0.25, 0.3) is 0 Å². The smallest absolute Gasteiger partial charge is 0.262 e. The van der Waals surface area contributed by atoms with E-state index < -0.39 is 6.04 Å². The van der Waals surface area contributed by atoms with Crippen LogP contribution in [-0.2, 0) is 14.3 Å². The molecule has 1 saturated carbocycles. The molecule has 0 saturated heterocycles. The maximum absolute atomic E-state index is 13.7. The number of benzene rings is 2. The summed E-state index contributed by atoms with van der Waals surface area (Å²) in [5.74, 6) is 1.71. The molecule has 2 aromatic rings. The molecule has 4 rings (SSSR count). The van der Waals surface area contributed by atoms with Crippen LogP contribution in [0.4, 0.5) is 0 Å². The predicted octanol–water partition coefficient (Wildman–Crippen LogP) is 3.28. The Morgan fingerprint density at radius 3 is 2.42 bits per heavy atom. The number of amides is 2. The number of nitrogens with zero attached hydrogens (tertiary/aromatic N) is 3. The van der Waals surface area contributed by atoms with Crippen LogP contribution in [0.3, 0.4) is 0 Å². The molecule has 1 aliphatic carbocycles. The van der Waals surface area contributed by atoms with Crippen LogP contribution in [0.1, 0.15) is 36.4 Å². The molecule has 1 atom stereocenters. The first kappa shape index (κ1) is 25.5. The van der Waals surface area contributed by atoms with Gasteiger partial charge in [-0.15, -0.1) is 0 Å². The lowest BCUT2D eigenvalue weighted by Crippen LogP contribution is -2.43. The molecule has 0 bridgehead atoms. The molecule has 2 aromatic carbocycles. The zero-order valence-corrected chi connectivity index (χ0v) is 21.2. The van der Waals surface area contributed by atoms with Crippen LogP contribution in [0.2, 0.25) is 0 Å². The summed E-state index contributed by atoms with van der Waals surface area (Å²) in [6, 6.07) is 12.7. The molecular formula is C27H33N3O6. The first-order chi connectivity index (χ1) is 17.5. The number of carbonyl (C=O) groups excluding carboxylic acids is 2. The van der Waals surface area contributed by atoms with E-state index in [0.29, 0.717) is 36.8 Å². The van der Waals surface area contributed by atoms with Gasteiger partial charge in [0.1, 0.15) is 23.8 Å². The monoisotopic (exact) mass is 495 g/mol. The maximum Gasteiger partial charge on any atom is 0.262 e. The van der Waals surface area contributed by atoms with Gasteiger partial charge in [0.25, 0.3) is 5.91 Å². The molecule has 0 aromatic heterocycles. The summed E-state index contributed by atoms with van der Waals surface area (Å²) >= 11 is 0. The Balaban J connectivity index is 1.68. The summed E-state index contributed by atoms with van der Waals surface area (Å²) in [7, 11) is 6.38. The quantitative estimate of drug-likeness (QED) is 0.475. The van der Waals surface area contributed by atoms with Gasteiger partial charge in [0.15, 0.2) is 0 Å². The Hall–Kier alpha value is -3.59. The summed E-state index contributed by atoms with van der Waals surface area (Å²) in [5, 5.41) is 6.23. The largest absolute Gasteiger partial charge is 0.497 e. The average Bonchev–Trinajstić information content (AvgIpc) is 3.67. The van der Waals surface area contributed by atoms with Crippen molar-refractivity contribution in [1.29, 1.82) is 0 Å². The van der Waals surface area contributed by atoms with E-state index >= 15 is 0 Å². The SMILES string of the molecule is COCCN(CC(=O)N1N=C(c2cccc(OC)c2)C[C@@H]1c1cc(OC)ccc1OC)C(=O)C1CC1. The topological polar surface area (TPSA) is 89.9 Å². The molecule has 9 heteroatoms. The minimum atomic E-state index is -0.427. The Morgan fingerprint density at radius 2 is 1.75 bits per heavy atom. The van der Waals surface area contributed by atoms with Crippen molar-refractivity contribution in [1.82, 2.24) is 9.91 Å². The summed E-state index contributed by atoms with van der Waals surface area (Å²) in [4.78, 5) is 28.1. The minimum Gasteiger partial charge on any atom is -0.497 e. The number of hydrogen-bond donors (Lipinski definition) is 0. The molecule has 1 fully saturated rings. The Morgan fingerprint density at radius 1 is 1.00 bits per heavy atom. The van der Waals surface area contributed by atoms with Crippen molar-refractivity contribution in [2.24, 2.45) is 11.0 Å². The van der Waals surface area contributed by atoms with Gasteiger partial charge in [-0.2, -0.15) is 5.10 Å². The minimum absolute atomic E-state index is 0.00152. The third-order valence-electron chi connectivity index (χ3n) is 6.49. The van der Waals surface area contributed by atoms with Crippen molar-refractivity contribution >= 4 is 17.5 Å². The van der Waals surface area contributed by atoms with Crippen molar-refractivity contribution in [2.45, 2.75) is 25.3 Å². The molecule has 2 aliphatic rings. The van der Waals surface area contributed by atoms with Crippen LogP contribution in [0.5, 0.6) is 17.2 Å². The average molecular weight is 496 g/mol. The van der Waals surface area contributed by atoms with Crippen LogP contribution >= 0.6 is 0 Å². The molecule has 0 N–H and O–H groups in total. The Labute approximate surface area is 211 Å². The van der Waals surface area contributed by atoms with Gasteiger partial charge in [0, 0.05) is 37.1 Å². The summed E-state index contributed by atoms with van der Waals surface area (Å²) < 4.78 is 21.6. The number of methoxy groups -OCH3 is 4. The van der Waals surface area contributed by atoms with Crippen molar-refractivity contribution in [2.75, 3.05) is 48.1 Å². The molecule has 2 amide bonds. The molecule has 0 spiro atoms. The highest BCUT2D eigenvalue weighted by molar-refractivity contribution is 6.03. The highest BCUT2D eigenvalue weighted by Gasteiger charge is 2.38. The zero-order valence-electron chi connectivity index (χ0n) is 21.2. The summed E-state index contributed by atoms with van der Waals surface area (Å²) in [6.07, 6.45) is 2.20. The molecule has 192 valence electrons. The van der Waals surface area contributed by atoms with Crippen molar-refractivity contribution in [3.8, 4) is 17.2 Å². The van der Waals surface area contributed by atoms with Gasteiger partial charge in [0.2, 0.25) is 5.91 Å². The van der Waals surface area contributed by atoms with E-state index in [1.165, 1.54) is 5.01 Å². The second-order valence-corrected chi connectivity index (χ2v) is 8.87. The molecule has 1 heterocycles. The maximum atomic E-state index is 13.7. The zero-order chi connectivity index (χ0) is 25.7. The standard InChI is InChI=1S/C27H33N3O6/c1-33-13-12-29(27(32)18-8-9-18)17-26(31)30-24(22-15-21(35-3)10-11-25(22)36-4)16-23(28-30)19-6-5-7-20(14-19)34-2/h5-7,10-11,14-15,18,24H,8-9,12-13,16-17H2,1-4H3/t24-/m1/s1. The Kier molecular flexibility index (Phi) is 8.10. The van der Waals surface area contributed by atoms with Gasteiger partial charge in [0.05, 0.1) is 39.7 Å². The fraction of sp³-hybridized carbons (Fsp3) is 0.444. The molecule has 36 heavy (non-hydrogen) atoms. The van der Waals surface area contributed by atoms with Crippen LogP contribution < -0.4 is 14.2 Å². The number of rotatable bonds is 11. The van der Waals surface area contributed by atoms with E-state index in [1.54, 1.807) is 33.3 Å². The number of carbonyl (C=O) groups is 2. The second kappa shape index (κ2) is 11.4. The van der Waals surface area contributed by atoms with E-state index in [-0.39, 0.29) is 24.3 Å². The van der Waals surface area contributed by atoms with Crippen LogP contribution in [-0.4, -0.2) is 75.6 Å². The van der Waals surface area contributed by atoms with Crippen molar-refractivity contribution < 1.29 is 28.5 Å². The van der Waals surface area contributed by atoms with Gasteiger partial charge in [-0.05, 0) is 43.2 Å². The number of ether oxygens (including phenoxy) is 4. The lowest BCUT2D eigenvalue weighted by molar-refractivity contribution is -0.142. The normalized spacial score (nSPS) is 16.9. The molecule has 0 radical (unpaired) electrons. The van der Waals surface area contributed by atoms with E-state index in [1.807, 2.05) is 42.5 Å². The third-order valence-corrected chi connectivity index (χ3v) is 6.49. The summed E-state index contributed by atoms with van der Waals surface area (Å²) in [5.41, 5.74) is 2.39. The first-order valence-electron chi connectivity index (χ1n) is 12.0. The molecule has 0 unspecified atom stereocenters. The first-order valence-corrected chi connectivity index (χ1v) is 12.0. The number of hydrazone groups is 1. The van der Waals surface area contributed by atoms with Crippen molar-refractivity contribution in [3.63, 3.8) is 0 Å². The third kappa shape index (κ3) is 5.62. The van der Waals surface area contributed by atoms with E-state index in [0.717, 1.165) is 29.7 Å². The Bertz CT molecular complexity index is 1130. The van der Waals surface area contributed by atoms with E-state index in [2.05, 4.69) is 0 Å².